The van der Waals surface area contributed by atoms with Gasteiger partial charge in [-0.2, -0.15) is 0 Å². The molecule has 0 aromatic heterocycles. The molecule has 21 heavy (non-hydrogen) atoms. The molecule has 1 aromatic rings. The van der Waals surface area contributed by atoms with Crippen LogP contribution in [0.1, 0.15) is 30.9 Å². The van der Waals surface area contributed by atoms with Gasteiger partial charge < -0.3 is 14.8 Å². The molecule has 0 aliphatic carbocycles. The van der Waals surface area contributed by atoms with E-state index in [4.69, 9.17) is 9.47 Å². The van der Waals surface area contributed by atoms with Crippen LogP contribution in [0.4, 0.5) is 5.69 Å². The summed E-state index contributed by atoms with van der Waals surface area (Å²) in [6, 6.07) is 5.75. The van der Waals surface area contributed by atoms with Crippen molar-refractivity contribution in [3.8, 4) is 0 Å². The smallest absolute Gasteiger partial charge is 0.336 e. The van der Waals surface area contributed by atoms with Crippen LogP contribution in [0.25, 0.3) is 0 Å². The van der Waals surface area contributed by atoms with Crippen LogP contribution in [0.5, 0.6) is 0 Å². The summed E-state index contributed by atoms with van der Waals surface area (Å²) in [5.41, 5.74) is 2.83. The lowest BCUT2D eigenvalue weighted by Gasteiger charge is -2.16. The van der Waals surface area contributed by atoms with E-state index in [-0.39, 0.29) is 5.91 Å². The number of carbonyl (C=O) groups is 2. The van der Waals surface area contributed by atoms with Crippen LogP contribution < -0.4 is 5.32 Å². The molecule has 5 nitrogen and oxygen atoms in total. The van der Waals surface area contributed by atoms with Crippen molar-refractivity contribution < 1.29 is 19.1 Å². The zero-order valence-electron chi connectivity index (χ0n) is 12.6. The molecule has 2 atom stereocenters. The van der Waals surface area contributed by atoms with Crippen molar-refractivity contribution in [2.24, 2.45) is 0 Å². The van der Waals surface area contributed by atoms with Crippen LogP contribution in [0.2, 0.25) is 0 Å². The van der Waals surface area contributed by atoms with Gasteiger partial charge in [-0.15, -0.1) is 0 Å². The highest BCUT2D eigenvalue weighted by atomic mass is 16.6. The number of benzene rings is 1. The van der Waals surface area contributed by atoms with Crippen LogP contribution in [0, 0.1) is 13.8 Å². The Morgan fingerprint density at radius 2 is 2.14 bits per heavy atom. The van der Waals surface area contributed by atoms with Gasteiger partial charge in [0.05, 0.1) is 0 Å². The second-order valence-electron chi connectivity index (χ2n) is 5.39. The Morgan fingerprint density at radius 3 is 2.76 bits per heavy atom. The summed E-state index contributed by atoms with van der Waals surface area (Å²) in [7, 11) is 0. The Hall–Kier alpha value is -1.88. The van der Waals surface area contributed by atoms with E-state index >= 15 is 0 Å². The summed E-state index contributed by atoms with van der Waals surface area (Å²) < 4.78 is 10.4. The highest BCUT2D eigenvalue weighted by Gasteiger charge is 2.28. The van der Waals surface area contributed by atoms with Crippen LogP contribution in [-0.2, 0) is 19.1 Å². The molecule has 2 rings (SSSR count). The van der Waals surface area contributed by atoms with E-state index < -0.39 is 18.2 Å². The first-order valence-corrected chi connectivity index (χ1v) is 7.17. The number of hydrogen-bond donors (Lipinski definition) is 1. The van der Waals surface area contributed by atoms with Crippen molar-refractivity contribution in [2.75, 3.05) is 11.9 Å². The molecule has 1 fully saturated rings. The molecule has 1 saturated heterocycles. The fraction of sp³-hybridized carbons (Fsp3) is 0.500. The van der Waals surface area contributed by atoms with Gasteiger partial charge in [-0.1, -0.05) is 17.7 Å². The topological polar surface area (TPSA) is 64.6 Å². The number of nitrogens with one attached hydrogen (secondary N) is 1. The summed E-state index contributed by atoms with van der Waals surface area (Å²) in [6.45, 7) is 6.05. The third-order valence-corrected chi connectivity index (χ3v) is 3.49. The number of esters is 1. The summed E-state index contributed by atoms with van der Waals surface area (Å²) in [5, 5.41) is 2.78. The molecule has 1 aliphatic heterocycles. The quantitative estimate of drug-likeness (QED) is 0.865. The van der Waals surface area contributed by atoms with Crippen LogP contribution in [0.3, 0.4) is 0 Å². The Balaban J connectivity index is 1.91. The van der Waals surface area contributed by atoms with Gasteiger partial charge in [0.1, 0.15) is 0 Å². The van der Waals surface area contributed by atoms with Crippen molar-refractivity contribution in [3.05, 3.63) is 29.3 Å². The third kappa shape index (κ3) is 4.04. The van der Waals surface area contributed by atoms with Gasteiger partial charge in [-0.3, -0.25) is 4.79 Å². The molecule has 114 valence electrons. The second kappa shape index (κ2) is 6.72. The number of carbonyl (C=O) groups excluding carboxylic acids is 2. The summed E-state index contributed by atoms with van der Waals surface area (Å²) >= 11 is 0. The first-order chi connectivity index (χ1) is 9.97. The number of rotatable bonds is 4. The standard InChI is InChI=1S/C16H21NO4/c1-10-6-7-13(11(2)9-10)17-15(18)12(3)21-16(19)14-5-4-8-20-14/h6-7,9,12,14H,4-5,8H2,1-3H3,(H,17,18)/t12-,14+/m0/s1. The van der Waals surface area contributed by atoms with Crippen molar-refractivity contribution >= 4 is 17.6 Å². The van der Waals surface area contributed by atoms with Gasteiger partial charge in [0.2, 0.25) is 0 Å². The number of aryl methyl sites for hydroxylation is 2. The predicted molar refractivity (Wildman–Crippen MR) is 79.1 cm³/mol. The average Bonchev–Trinajstić information content (AvgIpc) is 2.95. The molecule has 1 N–H and O–H groups in total. The third-order valence-electron chi connectivity index (χ3n) is 3.49. The largest absolute Gasteiger partial charge is 0.451 e. The molecule has 1 heterocycles. The molecular formula is C16H21NO4. The maximum atomic E-state index is 12.1. The van der Waals surface area contributed by atoms with E-state index in [2.05, 4.69) is 5.32 Å². The molecule has 0 spiro atoms. The van der Waals surface area contributed by atoms with E-state index in [1.165, 1.54) is 0 Å². The molecule has 1 amide bonds. The fourth-order valence-corrected chi connectivity index (χ4v) is 2.26. The molecule has 0 bridgehead atoms. The van der Waals surface area contributed by atoms with Crippen molar-refractivity contribution in [1.82, 2.24) is 0 Å². The summed E-state index contributed by atoms with van der Waals surface area (Å²) in [4.78, 5) is 23.9. The Labute approximate surface area is 124 Å². The highest BCUT2D eigenvalue weighted by Crippen LogP contribution is 2.17. The van der Waals surface area contributed by atoms with Gasteiger partial charge in [0, 0.05) is 12.3 Å². The minimum Gasteiger partial charge on any atom is -0.451 e. The Morgan fingerprint density at radius 1 is 1.38 bits per heavy atom. The number of ether oxygens (including phenoxy) is 2. The summed E-state index contributed by atoms with van der Waals surface area (Å²) in [5.74, 6) is -0.802. The van der Waals surface area contributed by atoms with E-state index in [9.17, 15) is 9.59 Å². The monoisotopic (exact) mass is 291 g/mol. The molecule has 0 radical (unpaired) electrons. The first kappa shape index (κ1) is 15.5. The van der Waals surface area contributed by atoms with E-state index in [0.717, 1.165) is 23.2 Å². The molecule has 1 aliphatic rings. The Kier molecular flexibility index (Phi) is 4.96. The summed E-state index contributed by atoms with van der Waals surface area (Å²) in [6.07, 6.45) is 0.136. The molecule has 0 unspecified atom stereocenters. The Bertz CT molecular complexity index is 535. The van der Waals surface area contributed by atoms with Gasteiger partial charge in [-0.05, 0) is 45.2 Å². The van der Waals surface area contributed by atoms with E-state index in [1.807, 2.05) is 32.0 Å². The first-order valence-electron chi connectivity index (χ1n) is 7.17. The van der Waals surface area contributed by atoms with Crippen LogP contribution >= 0.6 is 0 Å². The van der Waals surface area contributed by atoms with Crippen LogP contribution in [-0.4, -0.2) is 30.7 Å². The molecule has 1 aromatic carbocycles. The van der Waals surface area contributed by atoms with Gasteiger partial charge in [-0.25, -0.2) is 4.79 Å². The van der Waals surface area contributed by atoms with Crippen molar-refractivity contribution in [1.29, 1.82) is 0 Å². The minimum absolute atomic E-state index is 0.340. The number of hydrogen-bond acceptors (Lipinski definition) is 4. The van der Waals surface area contributed by atoms with Gasteiger partial charge >= 0.3 is 5.97 Å². The van der Waals surface area contributed by atoms with Gasteiger partial charge in [0.15, 0.2) is 12.2 Å². The second-order valence-corrected chi connectivity index (χ2v) is 5.39. The zero-order valence-corrected chi connectivity index (χ0v) is 12.6. The minimum atomic E-state index is -0.845. The molecule has 0 saturated carbocycles. The van der Waals surface area contributed by atoms with Gasteiger partial charge in [0.25, 0.3) is 5.91 Å². The van der Waals surface area contributed by atoms with Crippen molar-refractivity contribution in [3.63, 3.8) is 0 Å². The normalized spacial score (nSPS) is 19.1. The molecule has 5 heteroatoms. The van der Waals surface area contributed by atoms with Crippen LogP contribution in [0.15, 0.2) is 18.2 Å². The number of amides is 1. The SMILES string of the molecule is Cc1ccc(NC(=O)[C@H](C)OC(=O)[C@H]2CCCO2)c(C)c1. The van der Waals surface area contributed by atoms with Crippen molar-refractivity contribution in [2.45, 2.75) is 45.8 Å². The number of anilines is 1. The van der Waals surface area contributed by atoms with E-state index in [1.54, 1.807) is 6.92 Å². The maximum Gasteiger partial charge on any atom is 0.336 e. The highest BCUT2D eigenvalue weighted by molar-refractivity contribution is 5.95. The lowest BCUT2D eigenvalue weighted by atomic mass is 10.1. The predicted octanol–water partition coefficient (Wildman–Crippen LogP) is 2.35. The molecular weight excluding hydrogens is 270 g/mol. The average molecular weight is 291 g/mol. The van der Waals surface area contributed by atoms with E-state index in [0.29, 0.717) is 13.0 Å². The fourth-order valence-electron chi connectivity index (χ4n) is 2.26. The maximum absolute atomic E-state index is 12.1. The lowest BCUT2D eigenvalue weighted by Crippen LogP contribution is -2.34. The zero-order chi connectivity index (χ0) is 15.4. The lowest BCUT2D eigenvalue weighted by molar-refractivity contribution is -0.162.